The largest absolute Gasteiger partial charge is 0.347 e. The van der Waals surface area contributed by atoms with E-state index in [1.165, 1.54) is 12.1 Å². The first-order valence-corrected chi connectivity index (χ1v) is 8.83. The number of rotatable bonds is 5. The molecule has 0 spiro atoms. The van der Waals surface area contributed by atoms with Crippen molar-refractivity contribution in [3.05, 3.63) is 53.9 Å². The summed E-state index contributed by atoms with van der Waals surface area (Å²) in [6, 6.07) is 7.12. The Morgan fingerprint density at radius 2 is 2.12 bits per heavy atom. The summed E-state index contributed by atoms with van der Waals surface area (Å²) in [6.07, 6.45) is 5.26. The number of carbonyl (C=O) groups excluding carboxylic acids is 1. The lowest BCUT2D eigenvalue weighted by Gasteiger charge is -2.34. The monoisotopic (exact) mass is 344 g/mol. The summed E-state index contributed by atoms with van der Waals surface area (Å²) in [5.41, 5.74) is 0.803. The number of aromatic nitrogens is 2. The molecule has 2 aromatic rings. The molecule has 0 saturated carbocycles. The third kappa shape index (κ3) is 4.45. The molecular weight excluding hydrogens is 319 g/mol. The van der Waals surface area contributed by atoms with Crippen LogP contribution in [0.25, 0.3) is 0 Å². The molecule has 3 rings (SSSR count). The molecule has 1 fully saturated rings. The Hall–Kier alpha value is -2.21. The Bertz CT molecular complexity index is 720. The van der Waals surface area contributed by atoms with Crippen molar-refractivity contribution in [2.24, 2.45) is 0 Å². The van der Waals surface area contributed by atoms with Gasteiger partial charge in [0.05, 0.1) is 0 Å². The van der Waals surface area contributed by atoms with Crippen molar-refractivity contribution in [1.29, 1.82) is 0 Å². The molecule has 1 aromatic heterocycles. The maximum atomic E-state index is 13.3. The number of likely N-dealkylation sites (tertiary alicyclic amines) is 1. The lowest BCUT2D eigenvalue weighted by atomic mass is 10.0. The molecule has 0 atom stereocenters. The number of benzene rings is 1. The van der Waals surface area contributed by atoms with Crippen molar-refractivity contribution in [2.45, 2.75) is 45.3 Å². The minimum absolute atomic E-state index is 0.163. The van der Waals surface area contributed by atoms with Crippen LogP contribution in [0.1, 0.15) is 42.9 Å². The number of hydrogen-bond acceptors (Lipinski definition) is 3. The molecule has 6 heteroatoms. The number of piperidine rings is 1. The molecule has 2 heterocycles. The Labute approximate surface area is 147 Å². The minimum Gasteiger partial charge on any atom is -0.347 e. The zero-order valence-corrected chi connectivity index (χ0v) is 14.8. The minimum atomic E-state index is -0.277. The molecule has 1 aromatic carbocycles. The van der Waals surface area contributed by atoms with Gasteiger partial charge in [0.2, 0.25) is 0 Å². The van der Waals surface area contributed by atoms with Crippen LogP contribution in [0.15, 0.2) is 36.7 Å². The third-order valence-electron chi connectivity index (χ3n) is 4.76. The van der Waals surface area contributed by atoms with E-state index in [9.17, 15) is 9.18 Å². The number of nitrogens with zero attached hydrogens (tertiary/aromatic N) is 3. The van der Waals surface area contributed by atoms with Crippen molar-refractivity contribution < 1.29 is 9.18 Å². The fraction of sp³-hybridized carbons (Fsp3) is 0.474. The number of amides is 1. The molecule has 1 amide bonds. The molecule has 0 unspecified atom stereocenters. The zero-order valence-electron chi connectivity index (χ0n) is 14.8. The smallest absolute Gasteiger partial charge is 0.287 e. The summed E-state index contributed by atoms with van der Waals surface area (Å²) in [7, 11) is 0. The highest BCUT2D eigenvalue weighted by Crippen LogP contribution is 2.14. The van der Waals surface area contributed by atoms with Gasteiger partial charge < -0.3 is 14.8 Å². The second-order valence-electron chi connectivity index (χ2n) is 6.89. The predicted octanol–water partition coefficient (Wildman–Crippen LogP) is 2.67. The molecule has 1 saturated heterocycles. The first-order chi connectivity index (χ1) is 12.0. The number of nitrogens with one attached hydrogen (secondary N) is 1. The van der Waals surface area contributed by atoms with Crippen molar-refractivity contribution in [3.8, 4) is 0 Å². The van der Waals surface area contributed by atoms with Gasteiger partial charge in [0, 0.05) is 44.1 Å². The van der Waals surface area contributed by atoms with E-state index in [1.807, 2.05) is 6.07 Å². The highest BCUT2D eigenvalue weighted by molar-refractivity contribution is 5.91. The molecule has 1 N–H and O–H groups in total. The van der Waals surface area contributed by atoms with Gasteiger partial charge in [-0.15, -0.1) is 0 Å². The van der Waals surface area contributed by atoms with Crippen LogP contribution in [0.3, 0.4) is 0 Å². The molecular formula is C19H25FN4O. The van der Waals surface area contributed by atoms with Crippen LogP contribution < -0.4 is 5.32 Å². The number of imidazole rings is 1. The second-order valence-corrected chi connectivity index (χ2v) is 6.89. The van der Waals surface area contributed by atoms with Gasteiger partial charge in [-0.05, 0) is 44.4 Å². The topological polar surface area (TPSA) is 50.2 Å². The molecule has 0 aliphatic carbocycles. The Morgan fingerprint density at radius 1 is 1.36 bits per heavy atom. The average Bonchev–Trinajstić information content (AvgIpc) is 3.03. The van der Waals surface area contributed by atoms with Crippen LogP contribution in [0.2, 0.25) is 0 Å². The first kappa shape index (κ1) is 17.6. The SMILES string of the molecule is CC(C)N1CCC(NC(=O)c2nccn2Cc2cccc(F)c2)CC1. The summed E-state index contributed by atoms with van der Waals surface area (Å²) < 4.78 is 15.1. The van der Waals surface area contributed by atoms with Crippen molar-refractivity contribution >= 4 is 5.91 Å². The maximum Gasteiger partial charge on any atom is 0.287 e. The van der Waals surface area contributed by atoms with E-state index in [2.05, 4.69) is 29.0 Å². The summed E-state index contributed by atoms with van der Waals surface area (Å²) >= 11 is 0. The van der Waals surface area contributed by atoms with Gasteiger partial charge in [-0.2, -0.15) is 0 Å². The van der Waals surface area contributed by atoms with Gasteiger partial charge >= 0.3 is 0 Å². The fourth-order valence-corrected chi connectivity index (χ4v) is 3.29. The van der Waals surface area contributed by atoms with E-state index in [0.717, 1.165) is 31.5 Å². The Morgan fingerprint density at radius 3 is 2.80 bits per heavy atom. The Balaban J connectivity index is 1.61. The summed E-state index contributed by atoms with van der Waals surface area (Å²) in [6.45, 7) is 6.82. The van der Waals surface area contributed by atoms with Crippen molar-refractivity contribution in [3.63, 3.8) is 0 Å². The van der Waals surface area contributed by atoms with Crippen LogP contribution in [0.4, 0.5) is 4.39 Å². The van der Waals surface area contributed by atoms with Gasteiger partial charge in [0.25, 0.3) is 5.91 Å². The highest BCUT2D eigenvalue weighted by Gasteiger charge is 2.23. The molecule has 1 aliphatic rings. The van der Waals surface area contributed by atoms with Gasteiger partial charge in [0.1, 0.15) is 5.82 Å². The fourth-order valence-electron chi connectivity index (χ4n) is 3.29. The van der Waals surface area contributed by atoms with E-state index < -0.39 is 0 Å². The van der Waals surface area contributed by atoms with E-state index >= 15 is 0 Å². The molecule has 0 radical (unpaired) electrons. The van der Waals surface area contributed by atoms with E-state index in [1.54, 1.807) is 23.0 Å². The molecule has 134 valence electrons. The first-order valence-electron chi connectivity index (χ1n) is 8.83. The third-order valence-corrected chi connectivity index (χ3v) is 4.76. The van der Waals surface area contributed by atoms with Gasteiger partial charge in [-0.1, -0.05) is 12.1 Å². The predicted molar refractivity (Wildman–Crippen MR) is 94.9 cm³/mol. The van der Waals surface area contributed by atoms with Gasteiger partial charge in [-0.3, -0.25) is 4.79 Å². The quantitative estimate of drug-likeness (QED) is 0.907. The zero-order chi connectivity index (χ0) is 17.8. The van der Waals surface area contributed by atoms with Crippen LogP contribution in [0, 0.1) is 5.82 Å². The number of halogens is 1. The van der Waals surface area contributed by atoms with Crippen molar-refractivity contribution in [2.75, 3.05) is 13.1 Å². The van der Waals surface area contributed by atoms with Crippen molar-refractivity contribution in [1.82, 2.24) is 19.8 Å². The normalized spacial score (nSPS) is 16.3. The molecule has 0 bridgehead atoms. The lowest BCUT2D eigenvalue weighted by molar-refractivity contribution is 0.0886. The van der Waals surface area contributed by atoms with Gasteiger partial charge in [-0.25, -0.2) is 9.37 Å². The summed E-state index contributed by atoms with van der Waals surface area (Å²) in [5, 5.41) is 3.10. The maximum absolute atomic E-state index is 13.3. The molecule has 5 nitrogen and oxygen atoms in total. The van der Waals surface area contributed by atoms with Crippen LogP contribution in [-0.2, 0) is 6.54 Å². The van der Waals surface area contributed by atoms with Gasteiger partial charge in [0.15, 0.2) is 5.82 Å². The van der Waals surface area contributed by atoms with E-state index in [0.29, 0.717) is 18.4 Å². The lowest BCUT2D eigenvalue weighted by Crippen LogP contribution is -2.47. The highest BCUT2D eigenvalue weighted by atomic mass is 19.1. The molecule has 25 heavy (non-hydrogen) atoms. The van der Waals surface area contributed by atoms with Crippen LogP contribution in [0.5, 0.6) is 0 Å². The van der Waals surface area contributed by atoms with Crippen LogP contribution >= 0.6 is 0 Å². The second kappa shape index (κ2) is 7.78. The summed E-state index contributed by atoms with van der Waals surface area (Å²) in [4.78, 5) is 19.2. The number of carbonyl (C=O) groups is 1. The average molecular weight is 344 g/mol. The number of hydrogen-bond donors (Lipinski definition) is 1. The van der Waals surface area contributed by atoms with Crippen LogP contribution in [-0.4, -0.2) is 45.5 Å². The molecule has 1 aliphatic heterocycles. The van der Waals surface area contributed by atoms with E-state index in [4.69, 9.17) is 0 Å². The van der Waals surface area contributed by atoms with E-state index in [-0.39, 0.29) is 17.8 Å². The Kier molecular flexibility index (Phi) is 5.48. The summed E-state index contributed by atoms with van der Waals surface area (Å²) in [5.74, 6) is -0.0690. The standard InChI is InChI=1S/C19H25FN4O/c1-14(2)23-9-6-17(7-10-23)22-19(25)18-21-8-11-24(18)13-15-4-3-5-16(20)12-15/h3-5,8,11-12,14,17H,6-7,9-10,13H2,1-2H3,(H,22,25).